The second kappa shape index (κ2) is 6.09. The topological polar surface area (TPSA) is 61.3 Å². The van der Waals surface area contributed by atoms with Crippen molar-refractivity contribution < 1.29 is 9.15 Å². The molecule has 0 bridgehead atoms. The highest BCUT2D eigenvalue weighted by molar-refractivity contribution is 5.68. The molecule has 108 valence electrons. The highest BCUT2D eigenvalue weighted by Gasteiger charge is 2.16. The van der Waals surface area contributed by atoms with E-state index in [2.05, 4.69) is 24.0 Å². The number of benzene rings is 1. The van der Waals surface area contributed by atoms with Crippen molar-refractivity contribution in [3.63, 3.8) is 0 Å². The summed E-state index contributed by atoms with van der Waals surface area (Å²) in [6.45, 7) is 9.18. The molecule has 4 heteroatoms. The first kappa shape index (κ1) is 14.6. The first-order valence-corrected chi connectivity index (χ1v) is 6.97. The number of rotatable bonds is 5. The van der Waals surface area contributed by atoms with E-state index in [1.54, 1.807) is 0 Å². The lowest BCUT2D eigenvalue weighted by Crippen LogP contribution is -2.03. The quantitative estimate of drug-likeness (QED) is 0.909. The molecule has 1 aromatic heterocycles. The third-order valence-corrected chi connectivity index (χ3v) is 3.25. The Morgan fingerprint density at radius 2 is 1.95 bits per heavy atom. The summed E-state index contributed by atoms with van der Waals surface area (Å²) in [5, 5.41) is 0. The van der Waals surface area contributed by atoms with Gasteiger partial charge in [-0.3, -0.25) is 0 Å². The van der Waals surface area contributed by atoms with Crippen LogP contribution in [0.2, 0.25) is 0 Å². The van der Waals surface area contributed by atoms with Crippen LogP contribution in [0, 0.1) is 20.8 Å². The number of oxazole rings is 1. The normalized spacial score (nSPS) is 10.8. The Hall–Kier alpha value is -1.81. The van der Waals surface area contributed by atoms with Crippen LogP contribution >= 0.6 is 0 Å². The van der Waals surface area contributed by atoms with E-state index in [4.69, 9.17) is 14.9 Å². The predicted molar refractivity (Wildman–Crippen MR) is 80.1 cm³/mol. The van der Waals surface area contributed by atoms with Crippen molar-refractivity contribution in [1.82, 2.24) is 4.98 Å². The molecule has 0 atom stereocenters. The van der Waals surface area contributed by atoms with Crippen molar-refractivity contribution in [2.75, 3.05) is 13.2 Å². The SMILES string of the molecule is CCOc1cc(C)c(-c2nc(C)oc2CCN)cc1C. The van der Waals surface area contributed by atoms with Crippen molar-refractivity contribution in [3.8, 4) is 17.0 Å². The Labute approximate surface area is 120 Å². The van der Waals surface area contributed by atoms with E-state index < -0.39 is 0 Å². The molecule has 0 aliphatic carbocycles. The molecule has 2 aromatic rings. The largest absolute Gasteiger partial charge is 0.494 e. The van der Waals surface area contributed by atoms with E-state index in [-0.39, 0.29) is 0 Å². The second-order valence-corrected chi connectivity index (χ2v) is 4.91. The molecular formula is C16H22N2O2. The predicted octanol–water partition coefficient (Wildman–Crippen LogP) is 3.17. The minimum atomic E-state index is 0.552. The molecule has 0 radical (unpaired) electrons. The van der Waals surface area contributed by atoms with Gasteiger partial charge in [-0.15, -0.1) is 0 Å². The fourth-order valence-electron chi connectivity index (χ4n) is 2.34. The monoisotopic (exact) mass is 274 g/mol. The molecule has 0 saturated carbocycles. The van der Waals surface area contributed by atoms with Crippen LogP contribution in [-0.4, -0.2) is 18.1 Å². The van der Waals surface area contributed by atoms with Gasteiger partial charge in [0.2, 0.25) is 0 Å². The maximum atomic E-state index is 5.66. The maximum absolute atomic E-state index is 5.66. The summed E-state index contributed by atoms with van der Waals surface area (Å²) in [6, 6.07) is 4.17. The van der Waals surface area contributed by atoms with Gasteiger partial charge in [0, 0.05) is 18.9 Å². The van der Waals surface area contributed by atoms with E-state index in [1.165, 1.54) is 0 Å². The first-order valence-electron chi connectivity index (χ1n) is 6.97. The van der Waals surface area contributed by atoms with Crippen molar-refractivity contribution in [2.45, 2.75) is 34.1 Å². The average Bonchev–Trinajstić information content (AvgIpc) is 2.75. The molecular weight excluding hydrogens is 252 g/mol. The standard InChI is InChI=1S/C16H22N2O2/c1-5-19-15-9-10(2)13(8-11(15)3)16-14(6-7-17)20-12(4)18-16/h8-9H,5-7,17H2,1-4H3. The van der Waals surface area contributed by atoms with Crippen LogP contribution in [0.3, 0.4) is 0 Å². The zero-order chi connectivity index (χ0) is 14.7. The molecule has 0 spiro atoms. The van der Waals surface area contributed by atoms with E-state index >= 15 is 0 Å². The number of ether oxygens (including phenoxy) is 1. The van der Waals surface area contributed by atoms with Gasteiger partial charge in [0.05, 0.1) is 6.61 Å². The Morgan fingerprint density at radius 1 is 1.20 bits per heavy atom. The molecule has 0 unspecified atom stereocenters. The zero-order valence-electron chi connectivity index (χ0n) is 12.6. The van der Waals surface area contributed by atoms with Gasteiger partial charge >= 0.3 is 0 Å². The van der Waals surface area contributed by atoms with Crippen LogP contribution in [0.25, 0.3) is 11.3 Å². The van der Waals surface area contributed by atoms with Crippen molar-refractivity contribution in [2.24, 2.45) is 5.73 Å². The lowest BCUT2D eigenvalue weighted by Gasteiger charge is -2.12. The van der Waals surface area contributed by atoms with Gasteiger partial charge in [-0.05, 0) is 50.6 Å². The van der Waals surface area contributed by atoms with Gasteiger partial charge in [0.1, 0.15) is 17.2 Å². The summed E-state index contributed by atoms with van der Waals surface area (Å²) in [6.07, 6.45) is 0.696. The van der Waals surface area contributed by atoms with E-state index in [0.29, 0.717) is 25.5 Å². The van der Waals surface area contributed by atoms with Gasteiger partial charge in [0.15, 0.2) is 5.89 Å². The lowest BCUT2D eigenvalue weighted by atomic mass is 10.00. The number of aromatic nitrogens is 1. The van der Waals surface area contributed by atoms with Gasteiger partial charge in [-0.1, -0.05) is 0 Å². The van der Waals surface area contributed by atoms with Crippen LogP contribution in [0.15, 0.2) is 16.5 Å². The summed E-state index contributed by atoms with van der Waals surface area (Å²) < 4.78 is 11.3. The molecule has 0 aliphatic rings. The minimum Gasteiger partial charge on any atom is -0.494 e. The van der Waals surface area contributed by atoms with Gasteiger partial charge in [-0.25, -0.2) is 4.98 Å². The van der Waals surface area contributed by atoms with Gasteiger partial charge in [-0.2, -0.15) is 0 Å². The van der Waals surface area contributed by atoms with Crippen LogP contribution in [-0.2, 0) is 6.42 Å². The summed E-state index contributed by atoms with van der Waals surface area (Å²) in [5.74, 6) is 2.46. The number of hydrogen-bond acceptors (Lipinski definition) is 4. The van der Waals surface area contributed by atoms with E-state index in [9.17, 15) is 0 Å². The molecule has 0 saturated heterocycles. The Bertz CT molecular complexity index is 603. The maximum Gasteiger partial charge on any atom is 0.191 e. The fraction of sp³-hybridized carbons (Fsp3) is 0.438. The van der Waals surface area contributed by atoms with Gasteiger partial charge < -0.3 is 14.9 Å². The molecule has 4 nitrogen and oxygen atoms in total. The summed E-state index contributed by atoms with van der Waals surface area (Å²) in [5.41, 5.74) is 9.86. The molecule has 0 aliphatic heterocycles. The lowest BCUT2D eigenvalue weighted by molar-refractivity contribution is 0.337. The highest BCUT2D eigenvalue weighted by Crippen LogP contribution is 2.32. The molecule has 0 amide bonds. The molecule has 20 heavy (non-hydrogen) atoms. The Morgan fingerprint density at radius 3 is 2.60 bits per heavy atom. The fourth-order valence-corrected chi connectivity index (χ4v) is 2.34. The Balaban J connectivity index is 2.50. The zero-order valence-corrected chi connectivity index (χ0v) is 12.6. The van der Waals surface area contributed by atoms with Crippen LogP contribution < -0.4 is 10.5 Å². The highest BCUT2D eigenvalue weighted by atomic mass is 16.5. The summed E-state index contributed by atoms with van der Waals surface area (Å²) in [7, 11) is 0. The third-order valence-electron chi connectivity index (χ3n) is 3.25. The minimum absolute atomic E-state index is 0.552. The molecule has 1 heterocycles. The average molecular weight is 274 g/mol. The Kier molecular flexibility index (Phi) is 4.45. The van der Waals surface area contributed by atoms with Crippen LogP contribution in [0.4, 0.5) is 0 Å². The molecule has 2 N–H and O–H groups in total. The van der Waals surface area contributed by atoms with Gasteiger partial charge in [0.25, 0.3) is 0 Å². The van der Waals surface area contributed by atoms with E-state index in [0.717, 1.165) is 33.9 Å². The smallest absolute Gasteiger partial charge is 0.191 e. The van der Waals surface area contributed by atoms with Crippen molar-refractivity contribution >= 4 is 0 Å². The van der Waals surface area contributed by atoms with Crippen molar-refractivity contribution in [3.05, 3.63) is 34.9 Å². The summed E-state index contributed by atoms with van der Waals surface area (Å²) in [4.78, 5) is 4.51. The first-order chi connectivity index (χ1) is 9.56. The number of nitrogens with zero attached hydrogens (tertiary/aromatic N) is 1. The summed E-state index contributed by atoms with van der Waals surface area (Å²) >= 11 is 0. The molecule has 1 aromatic carbocycles. The number of nitrogens with two attached hydrogens (primary N) is 1. The second-order valence-electron chi connectivity index (χ2n) is 4.91. The van der Waals surface area contributed by atoms with E-state index in [1.807, 2.05) is 20.8 Å². The van der Waals surface area contributed by atoms with Crippen LogP contribution in [0.1, 0.15) is 29.7 Å². The molecule has 2 rings (SSSR count). The number of hydrogen-bond donors (Lipinski definition) is 1. The third kappa shape index (κ3) is 2.85. The van der Waals surface area contributed by atoms with Crippen LogP contribution in [0.5, 0.6) is 5.75 Å². The van der Waals surface area contributed by atoms with Crippen molar-refractivity contribution in [1.29, 1.82) is 0 Å². The number of aryl methyl sites for hydroxylation is 3. The molecule has 0 fully saturated rings.